The number of nitrogens with one attached hydrogen (secondary N) is 2. The molecular weight excluding hydrogens is 520 g/mol. The lowest BCUT2D eigenvalue weighted by atomic mass is 9.98. The van der Waals surface area contributed by atoms with Gasteiger partial charge in [-0.25, -0.2) is 4.98 Å². The van der Waals surface area contributed by atoms with Gasteiger partial charge in [0.25, 0.3) is 11.8 Å². The molecule has 1 aliphatic rings. The minimum Gasteiger partial charge on any atom is -0.490 e. The van der Waals surface area contributed by atoms with Crippen LogP contribution < -0.4 is 27.3 Å². The Balaban J connectivity index is 1.67. The van der Waals surface area contributed by atoms with Crippen molar-refractivity contribution in [1.29, 1.82) is 5.41 Å². The molecular formula is C18H20N8O8S2. The standard InChI is InChI=1S/C18H20N8O8S2/c19-14(20)8-1-3-9(4-2-8)33-5-6-34-25-11(10-7-35-18(22)23-10)16(28)24-12-13(15(21)27)26(17(12)29)36(30,31)32/h1-4,7,12-13H,5-6H2,(H3,19,20)(H2,21,27)(H2,22,23)(H,24,28)(H,30,31,32)/t12-,13-/m0/s1. The van der Waals surface area contributed by atoms with Crippen molar-refractivity contribution in [1.82, 2.24) is 14.6 Å². The number of aromatic nitrogens is 1. The highest BCUT2D eigenvalue weighted by molar-refractivity contribution is 7.84. The van der Waals surface area contributed by atoms with Gasteiger partial charge in [0.2, 0.25) is 5.91 Å². The van der Waals surface area contributed by atoms with Gasteiger partial charge in [-0.3, -0.25) is 24.3 Å². The number of nitrogen functional groups attached to an aromatic ring is 2. The van der Waals surface area contributed by atoms with Gasteiger partial charge in [0, 0.05) is 10.9 Å². The van der Waals surface area contributed by atoms with Crippen LogP contribution in [0.2, 0.25) is 0 Å². The van der Waals surface area contributed by atoms with Gasteiger partial charge in [0.15, 0.2) is 23.5 Å². The molecule has 36 heavy (non-hydrogen) atoms. The minimum absolute atomic E-state index is 0.00516. The van der Waals surface area contributed by atoms with Crippen molar-refractivity contribution in [2.75, 3.05) is 18.9 Å². The maximum absolute atomic E-state index is 12.8. The maximum Gasteiger partial charge on any atom is 0.363 e. The Morgan fingerprint density at radius 1 is 1.25 bits per heavy atom. The first-order valence-corrected chi connectivity index (χ1v) is 12.1. The van der Waals surface area contributed by atoms with Crippen LogP contribution in [0, 0.1) is 5.41 Å². The number of anilines is 1. The SMILES string of the molecule is N=C(N)c1ccc(OCCON=C(C(=O)N[C@@H]2C(=O)N(S(=O)(=O)O)[C@@H]2C(N)=O)c2csc(N)n2)cc1. The van der Waals surface area contributed by atoms with Crippen LogP contribution in [0.25, 0.3) is 0 Å². The molecule has 9 N–H and O–H groups in total. The summed E-state index contributed by atoms with van der Waals surface area (Å²) in [6, 6.07) is 2.85. The number of rotatable bonds is 11. The van der Waals surface area contributed by atoms with E-state index < -0.39 is 45.8 Å². The van der Waals surface area contributed by atoms with Crippen LogP contribution >= 0.6 is 11.3 Å². The molecule has 1 aromatic heterocycles. The largest absolute Gasteiger partial charge is 0.490 e. The fourth-order valence-corrected chi connectivity index (χ4v) is 4.39. The molecule has 2 heterocycles. The van der Waals surface area contributed by atoms with Crippen molar-refractivity contribution in [2.45, 2.75) is 12.1 Å². The molecule has 1 aromatic carbocycles. The quantitative estimate of drug-likeness (QED) is 0.0444. The number of carbonyl (C=O) groups excluding carboxylic acids is 3. The molecule has 0 saturated carbocycles. The van der Waals surface area contributed by atoms with E-state index in [9.17, 15) is 22.8 Å². The van der Waals surface area contributed by atoms with Gasteiger partial charge in [-0.15, -0.1) is 11.3 Å². The van der Waals surface area contributed by atoms with E-state index in [0.29, 0.717) is 11.3 Å². The predicted octanol–water partition coefficient (Wildman–Crippen LogP) is -2.21. The summed E-state index contributed by atoms with van der Waals surface area (Å²) in [7, 11) is -5.08. The number of amidine groups is 1. The number of primary amides is 1. The molecule has 16 nitrogen and oxygen atoms in total. The summed E-state index contributed by atoms with van der Waals surface area (Å²) >= 11 is 0.983. The van der Waals surface area contributed by atoms with Crippen LogP contribution in [0.5, 0.6) is 5.75 Å². The lowest BCUT2D eigenvalue weighted by Gasteiger charge is -2.41. The van der Waals surface area contributed by atoms with Gasteiger partial charge in [-0.05, 0) is 24.3 Å². The molecule has 2 atom stereocenters. The number of ether oxygens (including phenoxy) is 1. The van der Waals surface area contributed by atoms with E-state index in [-0.39, 0.29) is 34.2 Å². The van der Waals surface area contributed by atoms with Crippen LogP contribution in [0.4, 0.5) is 5.13 Å². The fourth-order valence-electron chi connectivity index (χ4n) is 2.99. The van der Waals surface area contributed by atoms with Crippen LogP contribution in [-0.4, -0.2) is 76.8 Å². The number of amides is 3. The Hall–Kier alpha value is -4.29. The second-order valence-electron chi connectivity index (χ2n) is 7.04. The Kier molecular flexibility index (Phi) is 7.71. The highest BCUT2D eigenvalue weighted by Gasteiger charge is 2.57. The van der Waals surface area contributed by atoms with Gasteiger partial charge < -0.3 is 32.1 Å². The number of benzene rings is 1. The van der Waals surface area contributed by atoms with Crippen LogP contribution in [0.1, 0.15) is 11.3 Å². The van der Waals surface area contributed by atoms with Crippen molar-refractivity contribution >= 4 is 56.0 Å². The number of hydrogen-bond acceptors (Lipinski definition) is 12. The third-order valence-electron chi connectivity index (χ3n) is 4.62. The molecule has 0 bridgehead atoms. The zero-order valence-electron chi connectivity index (χ0n) is 18.2. The lowest BCUT2D eigenvalue weighted by molar-refractivity contribution is -0.150. The Bertz CT molecular complexity index is 1320. The molecule has 3 amide bonds. The second kappa shape index (κ2) is 10.5. The predicted molar refractivity (Wildman–Crippen MR) is 125 cm³/mol. The summed E-state index contributed by atoms with van der Waals surface area (Å²) in [6.07, 6.45) is 0. The van der Waals surface area contributed by atoms with E-state index in [1.54, 1.807) is 24.3 Å². The van der Waals surface area contributed by atoms with Crippen molar-refractivity contribution < 1.29 is 36.9 Å². The van der Waals surface area contributed by atoms with Crippen molar-refractivity contribution in [3.63, 3.8) is 0 Å². The van der Waals surface area contributed by atoms with Crippen LogP contribution in [0.3, 0.4) is 0 Å². The molecule has 0 unspecified atom stereocenters. The fraction of sp³-hybridized carbons (Fsp3) is 0.222. The Labute approximate surface area is 207 Å². The molecule has 1 aliphatic heterocycles. The van der Waals surface area contributed by atoms with E-state index in [2.05, 4.69) is 15.5 Å². The summed E-state index contributed by atoms with van der Waals surface area (Å²) in [5.41, 5.74) is 16.2. The summed E-state index contributed by atoms with van der Waals surface area (Å²) in [6.45, 7) is -0.126. The minimum atomic E-state index is -5.08. The van der Waals surface area contributed by atoms with Crippen molar-refractivity contribution in [3.8, 4) is 5.75 Å². The first kappa shape index (κ1) is 26.3. The summed E-state index contributed by atoms with van der Waals surface area (Å²) < 4.78 is 37.1. The molecule has 0 radical (unpaired) electrons. The summed E-state index contributed by atoms with van der Waals surface area (Å²) in [4.78, 5) is 45.6. The van der Waals surface area contributed by atoms with E-state index in [4.69, 9.17) is 36.7 Å². The molecule has 0 aliphatic carbocycles. The van der Waals surface area contributed by atoms with Gasteiger partial charge in [0.05, 0.1) is 0 Å². The Morgan fingerprint density at radius 2 is 1.92 bits per heavy atom. The third-order valence-corrected chi connectivity index (χ3v) is 6.20. The maximum atomic E-state index is 12.8. The highest BCUT2D eigenvalue weighted by atomic mass is 32.2. The normalized spacial score (nSPS) is 17.8. The third kappa shape index (κ3) is 5.85. The van der Waals surface area contributed by atoms with Crippen LogP contribution in [-0.2, 0) is 29.5 Å². The average Bonchev–Trinajstić information content (AvgIpc) is 3.22. The number of oxime groups is 1. The van der Waals surface area contributed by atoms with E-state index in [0.717, 1.165) is 11.3 Å². The zero-order valence-corrected chi connectivity index (χ0v) is 19.8. The number of carbonyl (C=O) groups is 3. The number of hydrogen-bond donors (Lipinski definition) is 6. The topological polar surface area (TPSA) is 266 Å². The first-order chi connectivity index (χ1) is 16.9. The highest BCUT2D eigenvalue weighted by Crippen LogP contribution is 2.23. The number of nitrogens with zero attached hydrogens (tertiary/aromatic N) is 3. The summed E-state index contributed by atoms with van der Waals surface area (Å²) in [5.74, 6) is -3.25. The average molecular weight is 541 g/mol. The second-order valence-corrected chi connectivity index (χ2v) is 9.22. The van der Waals surface area contributed by atoms with Gasteiger partial charge >= 0.3 is 10.3 Å². The smallest absolute Gasteiger partial charge is 0.363 e. The number of nitrogens with two attached hydrogens (primary N) is 3. The Morgan fingerprint density at radius 3 is 2.44 bits per heavy atom. The number of β-lactam (4-membered cyclic amide) rings is 1. The molecule has 0 spiro atoms. The first-order valence-electron chi connectivity index (χ1n) is 9.79. The molecule has 192 valence electrons. The molecule has 18 heteroatoms. The van der Waals surface area contributed by atoms with E-state index >= 15 is 0 Å². The monoisotopic (exact) mass is 540 g/mol. The molecule has 1 fully saturated rings. The zero-order chi connectivity index (χ0) is 26.6. The van der Waals surface area contributed by atoms with Crippen molar-refractivity contribution in [3.05, 3.63) is 40.9 Å². The number of thiazole rings is 1. The van der Waals surface area contributed by atoms with Gasteiger partial charge in [-0.2, -0.15) is 12.7 Å². The lowest BCUT2D eigenvalue weighted by Crippen LogP contribution is -2.75. The van der Waals surface area contributed by atoms with Gasteiger partial charge in [-0.1, -0.05) is 5.16 Å². The summed E-state index contributed by atoms with van der Waals surface area (Å²) in [5, 5.41) is 14.7. The molecule has 2 aromatic rings. The van der Waals surface area contributed by atoms with E-state index in [1.165, 1.54) is 5.38 Å². The van der Waals surface area contributed by atoms with Crippen molar-refractivity contribution in [2.24, 2.45) is 16.6 Å². The van der Waals surface area contributed by atoms with Crippen LogP contribution in [0.15, 0.2) is 34.8 Å². The molecule has 3 rings (SSSR count). The van der Waals surface area contributed by atoms with Gasteiger partial charge in [0.1, 0.15) is 29.9 Å². The van der Waals surface area contributed by atoms with E-state index in [1.807, 2.05) is 0 Å². The molecule has 1 saturated heterocycles.